The van der Waals surface area contributed by atoms with Gasteiger partial charge < -0.3 is 9.47 Å². The van der Waals surface area contributed by atoms with E-state index in [0.717, 1.165) is 5.56 Å². The van der Waals surface area contributed by atoms with Crippen LogP contribution in [0.15, 0.2) is 12.1 Å². The summed E-state index contributed by atoms with van der Waals surface area (Å²) in [6.07, 6.45) is 9.58. The van der Waals surface area contributed by atoms with Crippen molar-refractivity contribution in [3.05, 3.63) is 29.1 Å². The Labute approximate surface area is 143 Å². The Morgan fingerprint density at radius 1 is 1.25 bits per heavy atom. The molecule has 24 heavy (non-hydrogen) atoms. The molecule has 1 saturated carbocycles. The van der Waals surface area contributed by atoms with E-state index in [-0.39, 0.29) is 19.0 Å². The molecule has 1 aromatic heterocycles. The van der Waals surface area contributed by atoms with Crippen molar-refractivity contribution in [3.63, 3.8) is 0 Å². The molecule has 1 amide bonds. The SMILES string of the molecule is Cc1cc(C=CC(=O)N(CC#N)CC#N)c(C)n1C1CCCCC1. The molecule has 1 aliphatic carbocycles. The summed E-state index contributed by atoms with van der Waals surface area (Å²) in [6, 6.07) is 6.49. The highest BCUT2D eigenvalue weighted by Gasteiger charge is 2.19. The van der Waals surface area contributed by atoms with Gasteiger partial charge in [-0.15, -0.1) is 0 Å². The predicted molar refractivity (Wildman–Crippen MR) is 92.9 cm³/mol. The van der Waals surface area contributed by atoms with Crippen LogP contribution in [0.5, 0.6) is 0 Å². The highest BCUT2D eigenvalue weighted by molar-refractivity contribution is 5.92. The molecule has 0 atom stereocenters. The number of aromatic nitrogens is 1. The topological polar surface area (TPSA) is 72.8 Å². The van der Waals surface area contributed by atoms with Crippen molar-refractivity contribution >= 4 is 12.0 Å². The second-order valence-electron chi connectivity index (χ2n) is 6.33. The van der Waals surface area contributed by atoms with Crippen molar-refractivity contribution in [2.24, 2.45) is 0 Å². The van der Waals surface area contributed by atoms with Gasteiger partial charge in [-0.3, -0.25) is 4.79 Å². The lowest BCUT2D eigenvalue weighted by atomic mass is 9.95. The maximum absolute atomic E-state index is 12.1. The molecule has 1 aromatic rings. The molecule has 1 heterocycles. The summed E-state index contributed by atoms with van der Waals surface area (Å²) in [5.41, 5.74) is 3.42. The van der Waals surface area contributed by atoms with Crippen molar-refractivity contribution in [3.8, 4) is 12.1 Å². The fourth-order valence-corrected chi connectivity index (χ4v) is 3.52. The van der Waals surface area contributed by atoms with Gasteiger partial charge in [-0.05, 0) is 44.4 Å². The molecule has 0 radical (unpaired) electrons. The molecule has 1 fully saturated rings. The summed E-state index contributed by atoms with van der Waals surface area (Å²) in [6.45, 7) is 4.06. The maximum Gasteiger partial charge on any atom is 0.248 e. The number of amides is 1. The zero-order valence-corrected chi connectivity index (χ0v) is 14.5. The van der Waals surface area contributed by atoms with Crippen molar-refractivity contribution in [1.29, 1.82) is 10.5 Å². The fourth-order valence-electron chi connectivity index (χ4n) is 3.52. The highest BCUT2D eigenvalue weighted by atomic mass is 16.2. The van der Waals surface area contributed by atoms with Crippen LogP contribution in [0, 0.1) is 36.5 Å². The lowest BCUT2D eigenvalue weighted by Crippen LogP contribution is -2.30. The summed E-state index contributed by atoms with van der Waals surface area (Å²) in [5, 5.41) is 17.5. The number of nitrogens with zero attached hydrogens (tertiary/aromatic N) is 4. The maximum atomic E-state index is 12.1. The average molecular weight is 324 g/mol. The van der Waals surface area contributed by atoms with Gasteiger partial charge in [0.1, 0.15) is 13.1 Å². The molecule has 0 aromatic carbocycles. The zero-order valence-electron chi connectivity index (χ0n) is 14.5. The molecule has 0 N–H and O–H groups in total. The van der Waals surface area contributed by atoms with E-state index in [1.165, 1.54) is 54.5 Å². The van der Waals surface area contributed by atoms with Gasteiger partial charge in [0.05, 0.1) is 12.1 Å². The Balaban J connectivity index is 2.16. The highest BCUT2D eigenvalue weighted by Crippen LogP contribution is 2.32. The third kappa shape index (κ3) is 4.06. The van der Waals surface area contributed by atoms with Gasteiger partial charge in [0.25, 0.3) is 0 Å². The van der Waals surface area contributed by atoms with Gasteiger partial charge in [-0.2, -0.15) is 10.5 Å². The van der Waals surface area contributed by atoms with E-state index < -0.39 is 0 Å². The number of hydrogen-bond donors (Lipinski definition) is 0. The number of hydrogen-bond acceptors (Lipinski definition) is 3. The van der Waals surface area contributed by atoms with Crippen LogP contribution < -0.4 is 0 Å². The first-order valence-electron chi connectivity index (χ1n) is 8.47. The van der Waals surface area contributed by atoms with E-state index >= 15 is 0 Å². The van der Waals surface area contributed by atoms with Crippen molar-refractivity contribution in [2.75, 3.05) is 13.1 Å². The molecule has 1 aliphatic rings. The molecule has 5 heteroatoms. The molecule has 126 valence electrons. The largest absolute Gasteiger partial charge is 0.346 e. The van der Waals surface area contributed by atoms with E-state index in [0.29, 0.717) is 6.04 Å². The molecule has 0 unspecified atom stereocenters. The van der Waals surface area contributed by atoms with Crippen LogP contribution in [0.25, 0.3) is 6.08 Å². The third-order valence-electron chi connectivity index (χ3n) is 4.70. The summed E-state index contributed by atoms with van der Waals surface area (Å²) < 4.78 is 2.39. The van der Waals surface area contributed by atoms with Crippen LogP contribution in [-0.4, -0.2) is 28.5 Å². The van der Waals surface area contributed by atoms with Gasteiger partial charge in [-0.1, -0.05) is 19.3 Å². The molecule has 2 rings (SSSR count). The van der Waals surface area contributed by atoms with Crippen molar-refractivity contribution in [1.82, 2.24) is 9.47 Å². The second kappa shape index (κ2) is 8.36. The molecule has 0 saturated heterocycles. The summed E-state index contributed by atoms with van der Waals surface area (Å²) in [7, 11) is 0. The van der Waals surface area contributed by atoms with Crippen LogP contribution in [0.2, 0.25) is 0 Å². The van der Waals surface area contributed by atoms with E-state index in [1.54, 1.807) is 6.08 Å². The molecule has 0 bridgehead atoms. The first-order chi connectivity index (χ1) is 11.6. The quantitative estimate of drug-likeness (QED) is 0.614. The van der Waals surface area contributed by atoms with E-state index in [2.05, 4.69) is 24.5 Å². The lowest BCUT2D eigenvalue weighted by Gasteiger charge is -2.26. The van der Waals surface area contributed by atoms with Gasteiger partial charge in [0.2, 0.25) is 5.91 Å². The Morgan fingerprint density at radius 3 is 2.46 bits per heavy atom. The summed E-state index contributed by atoms with van der Waals surface area (Å²) >= 11 is 0. The van der Waals surface area contributed by atoms with Crippen LogP contribution >= 0.6 is 0 Å². The standard InChI is InChI=1S/C19H24N4O/c1-15-14-17(8-9-19(24)22(12-10-20)13-11-21)16(2)23(15)18-6-4-3-5-7-18/h8-9,14,18H,3-7,12-13H2,1-2H3. The minimum atomic E-state index is -0.305. The Hall–Kier alpha value is -2.53. The van der Waals surface area contributed by atoms with Crippen molar-refractivity contribution < 1.29 is 4.79 Å². The van der Waals surface area contributed by atoms with E-state index in [9.17, 15) is 4.79 Å². The fraction of sp³-hybridized carbons (Fsp3) is 0.526. The molecule has 5 nitrogen and oxygen atoms in total. The minimum Gasteiger partial charge on any atom is -0.346 e. The third-order valence-corrected chi connectivity index (χ3v) is 4.70. The van der Waals surface area contributed by atoms with Crippen molar-refractivity contribution in [2.45, 2.75) is 52.0 Å². The first kappa shape index (κ1) is 17.8. The Bertz CT molecular complexity index is 680. The van der Waals surface area contributed by atoms with Crippen LogP contribution in [0.4, 0.5) is 0 Å². The van der Waals surface area contributed by atoms with Crippen LogP contribution in [0.1, 0.15) is 55.1 Å². The van der Waals surface area contributed by atoms with Gasteiger partial charge in [0.15, 0.2) is 0 Å². The minimum absolute atomic E-state index is 0.0716. The van der Waals surface area contributed by atoms with Gasteiger partial charge >= 0.3 is 0 Å². The monoisotopic (exact) mass is 324 g/mol. The normalized spacial score (nSPS) is 15.2. The van der Waals surface area contributed by atoms with Gasteiger partial charge in [0, 0.05) is 23.5 Å². The number of carbonyl (C=O) groups is 1. The second-order valence-corrected chi connectivity index (χ2v) is 6.33. The number of nitriles is 2. The summed E-state index contributed by atoms with van der Waals surface area (Å²) in [5.74, 6) is -0.305. The van der Waals surface area contributed by atoms with E-state index in [4.69, 9.17) is 10.5 Å². The zero-order chi connectivity index (χ0) is 17.5. The molecule has 0 aliphatic heterocycles. The number of aryl methyl sites for hydroxylation is 1. The van der Waals surface area contributed by atoms with Gasteiger partial charge in [-0.25, -0.2) is 0 Å². The smallest absolute Gasteiger partial charge is 0.248 e. The predicted octanol–water partition coefficient (Wildman–Crippen LogP) is 3.50. The molecular formula is C19H24N4O. The number of rotatable bonds is 5. The Morgan fingerprint density at radius 2 is 1.88 bits per heavy atom. The van der Waals surface area contributed by atoms with Crippen LogP contribution in [0.3, 0.4) is 0 Å². The summed E-state index contributed by atoms with van der Waals surface area (Å²) in [4.78, 5) is 13.4. The average Bonchev–Trinajstić information content (AvgIpc) is 2.87. The van der Waals surface area contributed by atoms with E-state index in [1.807, 2.05) is 12.1 Å². The molecule has 0 spiro atoms. The van der Waals surface area contributed by atoms with Crippen LogP contribution in [-0.2, 0) is 4.79 Å². The first-order valence-corrected chi connectivity index (χ1v) is 8.47. The lowest BCUT2D eigenvalue weighted by molar-refractivity contribution is -0.124. The number of carbonyl (C=O) groups excluding carboxylic acids is 1. The Kier molecular flexibility index (Phi) is 6.21. The molecular weight excluding hydrogens is 300 g/mol.